The number of aryl methyl sites for hydroxylation is 2. The Morgan fingerprint density at radius 1 is 0.962 bits per heavy atom. The zero-order valence-corrected chi connectivity index (χ0v) is 14.8. The van der Waals surface area contributed by atoms with Gasteiger partial charge >= 0.3 is 0 Å². The summed E-state index contributed by atoms with van der Waals surface area (Å²) < 4.78 is 0. The van der Waals surface area contributed by atoms with E-state index in [0.717, 1.165) is 47.5 Å². The van der Waals surface area contributed by atoms with Crippen LogP contribution in [0.25, 0.3) is 11.3 Å². The second kappa shape index (κ2) is 7.08. The second-order valence-electron chi connectivity index (χ2n) is 6.72. The molecule has 0 unspecified atom stereocenters. The fraction of sp³-hybridized carbons (Fsp3) is 0.227. The van der Waals surface area contributed by atoms with E-state index in [1.54, 1.807) is 6.33 Å². The Morgan fingerprint density at radius 3 is 2.58 bits per heavy atom. The van der Waals surface area contributed by atoms with E-state index < -0.39 is 0 Å². The molecule has 0 atom stereocenters. The maximum absolute atomic E-state index is 12.9. The third-order valence-corrected chi connectivity index (χ3v) is 4.86. The summed E-state index contributed by atoms with van der Waals surface area (Å²) in [5, 5.41) is 2.99. The highest BCUT2D eigenvalue weighted by molar-refractivity contribution is 6.08. The number of carbonyl (C=O) groups is 1. The van der Waals surface area contributed by atoms with Gasteiger partial charge < -0.3 is 5.32 Å². The fourth-order valence-corrected chi connectivity index (χ4v) is 3.48. The predicted molar refractivity (Wildman–Crippen MR) is 103 cm³/mol. The smallest absolute Gasteiger partial charge is 0.256 e. The van der Waals surface area contributed by atoms with Gasteiger partial charge in [-0.15, -0.1) is 0 Å². The second-order valence-corrected chi connectivity index (χ2v) is 6.72. The molecule has 0 spiro atoms. The third-order valence-electron chi connectivity index (χ3n) is 4.86. The van der Waals surface area contributed by atoms with Gasteiger partial charge in [-0.3, -0.25) is 4.79 Å². The number of anilines is 1. The Morgan fingerprint density at radius 2 is 1.73 bits per heavy atom. The van der Waals surface area contributed by atoms with Crippen LogP contribution in [0.5, 0.6) is 0 Å². The van der Waals surface area contributed by atoms with Gasteiger partial charge in [-0.25, -0.2) is 9.97 Å². The van der Waals surface area contributed by atoms with E-state index in [2.05, 4.69) is 15.3 Å². The highest BCUT2D eigenvalue weighted by Crippen LogP contribution is 2.31. The molecule has 4 heteroatoms. The lowest BCUT2D eigenvalue weighted by molar-refractivity contribution is 0.102. The lowest BCUT2D eigenvalue weighted by atomic mass is 9.91. The van der Waals surface area contributed by atoms with Crippen molar-refractivity contribution in [3.63, 3.8) is 0 Å². The number of hydrogen-bond donors (Lipinski definition) is 1. The summed E-state index contributed by atoms with van der Waals surface area (Å²) in [4.78, 5) is 21.9. The van der Waals surface area contributed by atoms with Crippen LogP contribution < -0.4 is 5.32 Å². The van der Waals surface area contributed by atoms with Crippen LogP contribution >= 0.6 is 0 Å². The first kappa shape index (κ1) is 16.5. The van der Waals surface area contributed by atoms with Gasteiger partial charge in [0, 0.05) is 28.1 Å². The first-order valence-electron chi connectivity index (χ1n) is 9.02. The molecule has 1 N–H and O–H groups in total. The molecule has 0 radical (unpaired) electrons. The minimum absolute atomic E-state index is 0.118. The zero-order chi connectivity index (χ0) is 17.9. The van der Waals surface area contributed by atoms with Crippen LogP contribution in [0.4, 0.5) is 5.69 Å². The van der Waals surface area contributed by atoms with Crippen LogP contribution in [0.1, 0.15) is 40.0 Å². The van der Waals surface area contributed by atoms with Crippen LogP contribution in [-0.2, 0) is 12.8 Å². The molecule has 0 aliphatic heterocycles. The molecule has 0 fully saturated rings. The number of nitrogens with zero attached hydrogens (tertiary/aromatic N) is 2. The summed E-state index contributed by atoms with van der Waals surface area (Å²) >= 11 is 0. The van der Waals surface area contributed by atoms with E-state index in [1.165, 1.54) is 12.0 Å². The number of fused-ring (bicyclic) bond motifs is 1. The quantitative estimate of drug-likeness (QED) is 0.757. The zero-order valence-electron chi connectivity index (χ0n) is 14.8. The molecule has 0 saturated carbocycles. The van der Waals surface area contributed by atoms with Gasteiger partial charge in [0.25, 0.3) is 5.91 Å². The summed E-state index contributed by atoms with van der Waals surface area (Å²) in [7, 11) is 0. The number of carbonyl (C=O) groups excluding carboxylic acids is 1. The summed E-state index contributed by atoms with van der Waals surface area (Å²) in [6.07, 6.45) is 5.89. The number of nitrogens with one attached hydrogen (secondary N) is 1. The lowest BCUT2D eigenvalue weighted by Gasteiger charge is -2.18. The first-order chi connectivity index (χ1) is 12.7. The average molecular weight is 343 g/mol. The molecule has 0 saturated heterocycles. The first-order valence-corrected chi connectivity index (χ1v) is 9.02. The molecule has 1 aliphatic carbocycles. The highest BCUT2D eigenvalue weighted by atomic mass is 16.1. The van der Waals surface area contributed by atoms with E-state index in [-0.39, 0.29) is 5.91 Å². The molecular weight excluding hydrogens is 322 g/mol. The van der Waals surface area contributed by atoms with Crippen molar-refractivity contribution in [3.8, 4) is 11.3 Å². The molecule has 1 aliphatic rings. The van der Waals surface area contributed by atoms with E-state index in [1.807, 2.05) is 55.5 Å². The van der Waals surface area contributed by atoms with Crippen molar-refractivity contribution in [2.45, 2.75) is 32.6 Å². The average Bonchev–Trinajstić information content (AvgIpc) is 2.69. The van der Waals surface area contributed by atoms with Gasteiger partial charge in [-0.2, -0.15) is 0 Å². The van der Waals surface area contributed by atoms with Crippen LogP contribution in [0, 0.1) is 6.92 Å². The van der Waals surface area contributed by atoms with Crippen molar-refractivity contribution in [2.24, 2.45) is 0 Å². The van der Waals surface area contributed by atoms with Crippen molar-refractivity contribution in [2.75, 3.05) is 5.32 Å². The fourth-order valence-electron chi connectivity index (χ4n) is 3.48. The van der Waals surface area contributed by atoms with Gasteiger partial charge in [0.1, 0.15) is 6.33 Å². The van der Waals surface area contributed by atoms with Crippen LogP contribution in [0.2, 0.25) is 0 Å². The lowest BCUT2D eigenvalue weighted by Crippen LogP contribution is -2.15. The Labute approximate surface area is 153 Å². The highest BCUT2D eigenvalue weighted by Gasteiger charge is 2.20. The molecule has 3 aromatic rings. The van der Waals surface area contributed by atoms with Crippen molar-refractivity contribution >= 4 is 11.6 Å². The summed E-state index contributed by atoms with van der Waals surface area (Å²) in [5.41, 5.74) is 6.67. The molecule has 1 heterocycles. The number of aromatic nitrogens is 2. The molecule has 26 heavy (non-hydrogen) atoms. The Kier molecular flexibility index (Phi) is 4.48. The van der Waals surface area contributed by atoms with Crippen molar-refractivity contribution in [1.82, 2.24) is 9.97 Å². The summed E-state index contributed by atoms with van der Waals surface area (Å²) in [5.74, 6) is -0.118. The third kappa shape index (κ3) is 3.23. The van der Waals surface area contributed by atoms with Crippen LogP contribution in [-0.4, -0.2) is 15.9 Å². The van der Waals surface area contributed by atoms with E-state index in [9.17, 15) is 4.79 Å². The van der Waals surface area contributed by atoms with Crippen molar-refractivity contribution in [3.05, 3.63) is 77.2 Å². The maximum atomic E-state index is 12.9. The Bertz CT molecular complexity index is 948. The SMILES string of the molecule is Cc1ccc(NC(=O)c2ccccc2-c2ncnc3c2CCCC3)cc1. The minimum Gasteiger partial charge on any atom is -0.322 e. The molecule has 1 amide bonds. The molecule has 4 nitrogen and oxygen atoms in total. The number of benzene rings is 2. The molecular formula is C22H21N3O. The summed E-state index contributed by atoms with van der Waals surface area (Å²) in [6, 6.07) is 15.5. The van der Waals surface area contributed by atoms with Crippen LogP contribution in [0.15, 0.2) is 54.9 Å². The standard InChI is InChI=1S/C22H21N3O/c1-15-10-12-16(13-11-15)25-22(26)18-7-3-2-6-17(18)21-19-8-4-5-9-20(19)23-14-24-21/h2-3,6-7,10-14H,4-5,8-9H2,1H3,(H,25,26). The number of amides is 1. The van der Waals surface area contributed by atoms with E-state index >= 15 is 0 Å². The van der Waals surface area contributed by atoms with E-state index in [4.69, 9.17) is 0 Å². The van der Waals surface area contributed by atoms with Gasteiger partial charge in [0.15, 0.2) is 0 Å². The predicted octanol–water partition coefficient (Wildman–Crippen LogP) is 4.58. The van der Waals surface area contributed by atoms with Gasteiger partial charge in [0.2, 0.25) is 0 Å². The van der Waals surface area contributed by atoms with E-state index in [0.29, 0.717) is 5.56 Å². The molecule has 2 aromatic carbocycles. The topological polar surface area (TPSA) is 54.9 Å². The number of rotatable bonds is 3. The van der Waals surface area contributed by atoms with Crippen molar-refractivity contribution < 1.29 is 4.79 Å². The number of hydrogen-bond acceptors (Lipinski definition) is 3. The molecule has 4 rings (SSSR count). The molecule has 1 aromatic heterocycles. The minimum atomic E-state index is -0.118. The maximum Gasteiger partial charge on any atom is 0.256 e. The van der Waals surface area contributed by atoms with Gasteiger partial charge in [-0.05, 0) is 50.8 Å². The Hall–Kier alpha value is -3.01. The monoisotopic (exact) mass is 343 g/mol. The molecule has 130 valence electrons. The largest absolute Gasteiger partial charge is 0.322 e. The van der Waals surface area contributed by atoms with Crippen molar-refractivity contribution in [1.29, 1.82) is 0 Å². The normalized spacial score (nSPS) is 13.1. The molecule has 0 bridgehead atoms. The summed E-state index contributed by atoms with van der Waals surface area (Å²) in [6.45, 7) is 2.03. The van der Waals surface area contributed by atoms with Crippen LogP contribution in [0.3, 0.4) is 0 Å². The van der Waals surface area contributed by atoms with Gasteiger partial charge in [0.05, 0.1) is 5.69 Å². The van der Waals surface area contributed by atoms with Gasteiger partial charge in [-0.1, -0.05) is 35.9 Å². The Balaban J connectivity index is 1.71.